The van der Waals surface area contributed by atoms with Crippen LogP contribution >= 0.6 is 23.2 Å². The second-order valence-electron chi connectivity index (χ2n) is 5.74. The van der Waals surface area contributed by atoms with E-state index in [0.717, 1.165) is 17.3 Å². The first-order valence-corrected chi connectivity index (χ1v) is 8.40. The number of amides is 1. The molecule has 0 radical (unpaired) electrons. The summed E-state index contributed by atoms with van der Waals surface area (Å²) < 4.78 is 53.7. The van der Waals surface area contributed by atoms with Crippen molar-refractivity contribution in [2.45, 2.75) is 12.7 Å². The van der Waals surface area contributed by atoms with Crippen LogP contribution in [0.4, 0.5) is 23.4 Å². The molecule has 2 aromatic heterocycles. The van der Waals surface area contributed by atoms with E-state index in [-0.39, 0.29) is 23.2 Å². The zero-order valence-electron chi connectivity index (χ0n) is 14.1. The van der Waals surface area contributed by atoms with E-state index in [1.54, 1.807) is 12.1 Å². The molecule has 0 saturated heterocycles. The largest absolute Gasteiger partial charge is 0.436 e. The van der Waals surface area contributed by atoms with Crippen LogP contribution in [0.25, 0.3) is 0 Å². The van der Waals surface area contributed by atoms with Gasteiger partial charge in [0.05, 0.1) is 6.54 Å². The Morgan fingerprint density at radius 2 is 1.82 bits per heavy atom. The molecule has 28 heavy (non-hydrogen) atoms. The molecule has 0 aliphatic heterocycles. The van der Waals surface area contributed by atoms with Gasteiger partial charge in [0.25, 0.3) is 5.91 Å². The Bertz CT molecular complexity index is 1030. The number of carbonyl (C=O) groups is 1. The highest BCUT2D eigenvalue weighted by molar-refractivity contribution is 6.36. The van der Waals surface area contributed by atoms with Gasteiger partial charge < -0.3 is 5.32 Å². The molecule has 0 fully saturated rings. The van der Waals surface area contributed by atoms with Crippen LogP contribution in [0.15, 0.2) is 30.5 Å². The van der Waals surface area contributed by atoms with Gasteiger partial charge in [0, 0.05) is 13.2 Å². The summed E-state index contributed by atoms with van der Waals surface area (Å²) in [5.41, 5.74) is -1.13. The van der Waals surface area contributed by atoms with Crippen molar-refractivity contribution in [3.8, 4) is 0 Å². The Kier molecular flexibility index (Phi) is 5.35. The monoisotopic (exact) mass is 435 g/mol. The number of aromatic nitrogens is 4. The average Bonchev–Trinajstić information content (AvgIpc) is 3.08. The topological polar surface area (TPSA) is 64.7 Å². The van der Waals surface area contributed by atoms with E-state index in [9.17, 15) is 22.4 Å². The summed E-state index contributed by atoms with van der Waals surface area (Å²) in [7, 11) is 1.16. The molecule has 0 bridgehead atoms. The van der Waals surface area contributed by atoms with Crippen molar-refractivity contribution >= 4 is 34.9 Å². The standard InChI is InChI=1S/C16H11Cl2F4N5O/c1-26-12(11(18)13(24-26)16(20,21)22)15(28)23-14-10(17)7-27(25-14)6-8-2-4-9(19)5-3-8/h2-5,7H,6H2,1H3,(H,23,25,28). The van der Waals surface area contributed by atoms with Crippen molar-refractivity contribution < 1.29 is 22.4 Å². The molecule has 0 atom stereocenters. The zero-order chi connectivity index (χ0) is 20.6. The van der Waals surface area contributed by atoms with E-state index in [2.05, 4.69) is 15.5 Å². The van der Waals surface area contributed by atoms with Gasteiger partial charge in [0.15, 0.2) is 11.5 Å². The number of anilines is 1. The molecule has 3 rings (SSSR count). The van der Waals surface area contributed by atoms with Gasteiger partial charge >= 0.3 is 6.18 Å². The van der Waals surface area contributed by atoms with Gasteiger partial charge in [0.1, 0.15) is 21.6 Å². The molecule has 2 heterocycles. The van der Waals surface area contributed by atoms with E-state index >= 15 is 0 Å². The number of alkyl halides is 3. The normalized spacial score (nSPS) is 11.7. The third kappa shape index (κ3) is 4.12. The third-order valence-electron chi connectivity index (χ3n) is 3.68. The maximum absolute atomic E-state index is 13.0. The fraction of sp³-hybridized carbons (Fsp3) is 0.188. The third-order valence-corrected chi connectivity index (χ3v) is 4.31. The molecular formula is C16H11Cl2F4N5O. The lowest BCUT2D eigenvalue weighted by Crippen LogP contribution is -2.17. The van der Waals surface area contributed by atoms with Gasteiger partial charge in [-0.2, -0.15) is 23.4 Å². The molecule has 0 aliphatic rings. The zero-order valence-corrected chi connectivity index (χ0v) is 15.6. The fourth-order valence-electron chi connectivity index (χ4n) is 2.43. The van der Waals surface area contributed by atoms with Crippen LogP contribution in [0.5, 0.6) is 0 Å². The van der Waals surface area contributed by atoms with Crippen LogP contribution < -0.4 is 5.32 Å². The highest BCUT2D eigenvalue weighted by Crippen LogP contribution is 2.35. The lowest BCUT2D eigenvalue weighted by Gasteiger charge is -2.04. The summed E-state index contributed by atoms with van der Waals surface area (Å²) in [6.45, 7) is 0.237. The Balaban J connectivity index is 1.81. The van der Waals surface area contributed by atoms with Crippen LogP contribution in [0, 0.1) is 5.82 Å². The van der Waals surface area contributed by atoms with Crippen LogP contribution in [0.2, 0.25) is 10.0 Å². The van der Waals surface area contributed by atoms with Crippen LogP contribution in [0.3, 0.4) is 0 Å². The Morgan fingerprint density at radius 1 is 1.18 bits per heavy atom. The number of nitrogens with one attached hydrogen (secondary N) is 1. The first-order chi connectivity index (χ1) is 13.1. The van der Waals surface area contributed by atoms with Crippen molar-refractivity contribution in [1.82, 2.24) is 19.6 Å². The molecule has 6 nitrogen and oxygen atoms in total. The first kappa shape index (κ1) is 20.2. The second kappa shape index (κ2) is 7.44. The second-order valence-corrected chi connectivity index (χ2v) is 6.52. The van der Waals surface area contributed by atoms with Crippen molar-refractivity contribution in [2.75, 3.05) is 5.32 Å². The number of rotatable bonds is 4. The molecule has 0 unspecified atom stereocenters. The van der Waals surface area contributed by atoms with E-state index in [0.29, 0.717) is 0 Å². The van der Waals surface area contributed by atoms with Gasteiger partial charge in [-0.05, 0) is 17.7 Å². The molecule has 0 saturated carbocycles. The lowest BCUT2D eigenvalue weighted by molar-refractivity contribution is -0.141. The average molecular weight is 436 g/mol. The smallest absolute Gasteiger partial charge is 0.302 e. The van der Waals surface area contributed by atoms with Gasteiger partial charge in [-0.25, -0.2) is 4.39 Å². The first-order valence-electron chi connectivity index (χ1n) is 7.64. The number of aryl methyl sites for hydroxylation is 1. The molecule has 1 N–H and O–H groups in total. The minimum Gasteiger partial charge on any atom is -0.302 e. The maximum Gasteiger partial charge on any atom is 0.436 e. The van der Waals surface area contributed by atoms with Crippen LogP contribution in [0.1, 0.15) is 21.7 Å². The number of carbonyl (C=O) groups excluding carboxylic acids is 1. The van der Waals surface area contributed by atoms with E-state index in [1.165, 1.54) is 23.0 Å². The highest BCUT2D eigenvalue weighted by Gasteiger charge is 2.39. The lowest BCUT2D eigenvalue weighted by atomic mass is 10.2. The summed E-state index contributed by atoms with van der Waals surface area (Å²) in [4.78, 5) is 12.4. The Hall–Kier alpha value is -2.59. The summed E-state index contributed by atoms with van der Waals surface area (Å²) in [6, 6.07) is 5.67. The molecular weight excluding hydrogens is 425 g/mol. The molecule has 0 aliphatic carbocycles. The van der Waals surface area contributed by atoms with Gasteiger partial charge in [-0.3, -0.25) is 14.2 Å². The van der Waals surface area contributed by atoms with Gasteiger partial charge in [-0.15, -0.1) is 0 Å². The van der Waals surface area contributed by atoms with Crippen molar-refractivity contribution in [3.63, 3.8) is 0 Å². The predicted octanol–water partition coefficient (Wildman–Crippen LogP) is 4.38. The van der Waals surface area contributed by atoms with Gasteiger partial charge in [-0.1, -0.05) is 35.3 Å². The number of nitrogens with zero attached hydrogens (tertiary/aromatic N) is 4. The molecule has 0 spiro atoms. The summed E-state index contributed by atoms with van der Waals surface area (Å²) in [5.74, 6) is -1.41. The number of benzene rings is 1. The molecule has 148 valence electrons. The number of hydrogen-bond donors (Lipinski definition) is 1. The van der Waals surface area contributed by atoms with Crippen molar-refractivity contribution in [3.05, 3.63) is 63.3 Å². The van der Waals surface area contributed by atoms with Gasteiger partial charge in [0.2, 0.25) is 0 Å². The minimum absolute atomic E-state index is 0.0600. The summed E-state index contributed by atoms with van der Waals surface area (Å²) >= 11 is 11.7. The van der Waals surface area contributed by atoms with Crippen molar-refractivity contribution in [1.29, 1.82) is 0 Å². The minimum atomic E-state index is -4.80. The molecule has 12 heteroatoms. The maximum atomic E-state index is 13.0. The number of hydrogen-bond acceptors (Lipinski definition) is 3. The summed E-state index contributed by atoms with van der Waals surface area (Å²) in [6.07, 6.45) is -3.39. The van der Waals surface area contributed by atoms with Crippen LogP contribution in [-0.2, 0) is 19.8 Å². The van der Waals surface area contributed by atoms with E-state index in [4.69, 9.17) is 23.2 Å². The quantitative estimate of drug-likeness (QED) is 0.618. The van der Waals surface area contributed by atoms with Crippen LogP contribution in [-0.4, -0.2) is 25.5 Å². The molecule has 1 amide bonds. The fourth-order valence-corrected chi connectivity index (χ4v) is 2.98. The predicted molar refractivity (Wildman–Crippen MR) is 93.9 cm³/mol. The highest BCUT2D eigenvalue weighted by atomic mass is 35.5. The van der Waals surface area contributed by atoms with E-state index < -0.39 is 28.5 Å². The molecule has 1 aromatic carbocycles. The summed E-state index contributed by atoms with van der Waals surface area (Å²) in [5, 5.41) is 8.86. The van der Waals surface area contributed by atoms with Crippen molar-refractivity contribution in [2.24, 2.45) is 7.05 Å². The van der Waals surface area contributed by atoms with E-state index in [1.807, 2.05) is 0 Å². The SMILES string of the molecule is Cn1nc(C(F)(F)F)c(Cl)c1C(=O)Nc1nn(Cc2ccc(F)cc2)cc1Cl. The Morgan fingerprint density at radius 3 is 2.39 bits per heavy atom. The Labute approximate surface area is 165 Å². The number of halogens is 6. The molecule has 3 aromatic rings.